The first-order chi connectivity index (χ1) is 11.6. The molecule has 0 radical (unpaired) electrons. The van der Waals surface area contributed by atoms with Crippen LogP contribution in [0.2, 0.25) is 0 Å². The van der Waals surface area contributed by atoms with Gasteiger partial charge >= 0.3 is 17.9 Å². The van der Waals surface area contributed by atoms with Crippen molar-refractivity contribution in [1.29, 1.82) is 0 Å². The predicted octanol–water partition coefficient (Wildman–Crippen LogP) is -1.44. The topological polar surface area (TPSA) is 219 Å². The Morgan fingerprint density at radius 2 is 1.40 bits per heavy atom. The van der Waals surface area contributed by atoms with Crippen molar-refractivity contribution >= 4 is 39.5 Å². The molecule has 142 valence electrons. The van der Waals surface area contributed by atoms with E-state index in [1.54, 1.807) is 6.20 Å². The van der Waals surface area contributed by atoms with Gasteiger partial charge in [0.15, 0.2) is 0 Å². The van der Waals surface area contributed by atoms with E-state index < -0.39 is 36.0 Å². The van der Waals surface area contributed by atoms with E-state index >= 15 is 0 Å². The SMILES string of the molecule is N[C@@H](CSSC[C@H](N)C(=O)O)C(=O)O.N[C@@H](Cc1cnc[nH]1)C(=O)O. The average molecular weight is 395 g/mol. The van der Waals surface area contributed by atoms with Crippen LogP contribution in [-0.4, -0.2) is 72.8 Å². The molecular formula is C12H21N5O6S2. The third-order valence-corrected chi connectivity index (χ3v) is 5.00. The largest absolute Gasteiger partial charge is 0.480 e. The maximum atomic E-state index is 10.3. The Morgan fingerprint density at radius 3 is 1.72 bits per heavy atom. The van der Waals surface area contributed by atoms with Crippen molar-refractivity contribution < 1.29 is 29.7 Å². The second kappa shape index (κ2) is 12.5. The minimum atomic E-state index is -1.07. The fourth-order valence-electron chi connectivity index (χ4n) is 1.11. The number of H-pyrrole nitrogens is 1. The van der Waals surface area contributed by atoms with Gasteiger partial charge in [-0.15, -0.1) is 0 Å². The summed E-state index contributed by atoms with van der Waals surface area (Å²) in [7, 11) is 2.41. The number of aromatic nitrogens is 2. The molecule has 0 aliphatic carbocycles. The molecule has 1 aromatic heterocycles. The lowest BCUT2D eigenvalue weighted by Crippen LogP contribution is -2.33. The molecule has 11 nitrogen and oxygen atoms in total. The summed E-state index contributed by atoms with van der Waals surface area (Å²) in [5.74, 6) is -2.68. The van der Waals surface area contributed by atoms with Crippen molar-refractivity contribution in [2.24, 2.45) is 17.2 Å². The Bertz CT molecular complexity index is 522. The minimum Gasteiger partial charge on any atom is -0.480 e. The summed E-state index contributed by atoms with van der Waals surface area (Å²) in [6.07, 6.45) is 3.34. The zero-order valence-electron chi connectivity index (χ0n) is 13.1. The van der Waals surface area contributed by atoms with Gasteiger partial charge in [-0.3, -0.25) is 14.4 Å². The third kappa shape index (κ3) is 11.4. The first kappa shape index (κ1) is 23.2. The van der Waals surface area contributed by atoms with Crippen LogP contribution in [-0.2, 0) is 20.8 Å². The molecule has 0 aliphatic rings. The second-order valence-corrected chi connectivity index (χ2v) is 7.24. The predicted molar refractivity (Wildman–Crippen MR) is 94.0 cm³/mol. The van der Waals surface area contributed by atoms with Gasteiger partial charge in [-0.25, -0.2) is 4.98 Å². The molecule has 1 rings (SSSR count). The maximum Gasteiger partial charge on any atom is 0.321 e. The number of imidazole rings is 1. The van der Waals surface area contributed by atoms with Gasteiger partial charge in [0, 0.05) is 29.8 Å². The van der Waals surface area contributed by atoms with E-state index in [0.29, 0.717) is 0 Å². The van der Waals surface area contributed by atoms with E-state index in [9.17, 15) is 14.4 Å². The monoisotopic (exact) mass is 395 g/mol. The molecular weight excluding hydrogens is 374 g/mol. The van der Waals surface area contributed by atoms with E-state index in [4.69, 9.17) is 32.5 Å². The number of aromatic amines is 1. The van der Waals surface area contributed by atoms with Gasteiger partial charge in [0.05, 0.1) is 6.33 Å². The average Bonchev–Trinajstić information content (AvgIpc) is 3.04. The molecule has 0 amide bonds. The fourth-order valence-corrected chi connectivity index (χ4v) is 3.33. The smallest absolute Gasteiger partial charge is 0.321 e. The number of carbonyl (C=O) groups is 3. The lowest BCUT2D eigenvalue weighted by molar-refractivity contribution is -0.139. The summed E-state index contributed by atoms with van der Waals surface area (Å²) in [5, 5.41) is 25.2. The Labute approximate surface area is 151 Å². The van der Waals surface area contributed by atoms with Gasteiger partial charge in [-0.05, 0) is 0 Å². The van der Waals surface area contributed by atoms with E-state index in [1.165, 1.54) is 27.9 Å². The molecule has 25 heavy (non-hydrogen) atoms. The van der Waals surface area contributed by atoms with Gasteiger partial charge in [0.1, 0.15) is 18.1 Å². The van der Waals surface area contributed by atoms with Crippen molar-refractivity contribution in [1.82, 2.24) is 9.97 Å². The summed E-state index contributed by atoms with van der Waals surface area (Å²) in [4.78, 5) is 37.3. The van der Waals surface area contributed by atoms with Crippen LogP contribution in [0.25, 0.3) is 0 Å². The zero-order chi connectivity index (χ0) is 19.4. The highest BCUT2D eigenvalue weighted by Gasteiger charge is 2.14. The van der Waals surface area contributed by atoms with Crippen LogP contribution in [0.15, 0.2) is 12.5 Å². The molecule has 0 spiro atoms. The van der Waals surface area contributed by atoms with Crippen molar-refractivity contribution in [3.63, 3.8) is 0 Å². The van der Waals surface area contributed by atoms with Crippen LogP contribution in [0.5, 0.6) is 0 Å². The number of rotatable bonds is 10. The standard InChI is InChI=1S/C6H9N3O2.C6H12N2O4S2/c7-5(6(10)11)1-4-2-8-3-9-4;7-3(5(9)10)1-13-14-2-4(8)6(11)12/h2-3,5H,1,7H2,(H,8,9)(H,10,11);3-4H,1-2,7-8H2,(H,9,10)(H,11,12)/t5-;3-,4-/m00/s1. The highest BCUT2D eigenvalue weighted by Crippen LogP contribution is 2.22. The molecule has 13 heteroatoms. The molecule has 3 atom stereocenters. The number of nitrogens with zero attached hydrogens (tertiary/aromatic N) is 1. The van der Waals surface area contributed by atoms with Crippen LogP contribution in [0, 0.1) is 0 Å². The number of hydrogen-bond donors (Lipinski definition) is 7. The Hall–Kier alpha value is -1.80. The molecule has 10 N–H and O–H groups in total. The van der Waals surface area contributed by atoms with E-state index in [-0.39, 0.29) is 17.9 Å². The summed E-state index contributed by atoms with van der Waals surface area (Å²) in [5.41, 5.74) is 16.4. The first-order valence-corrected chi connectivity index (χ1v) is 9.30. The van der Waals surface area contributed by atoms with Crippen molar-refractivity contribution in [3.8, 4) is 0 Å². The Morgan fingerprint density at radius 1 is 0.960 bits per heavy atom. The van der Waals surface area contributed by atoms with E-state index in [1.807, 2.05) is 0 Å². The number of aliphatic carboxylic acids is 3. The van der Waals surface area contributed by atoms with E-state index in [2.05, 4.69) is 9.97 Å². The fraction of sp³-hybridized carbons (Fsp3) is 0.500. The molecule has 0 aromatic carbocycles. The van der Waals surface area contributed by atoms with Gasteiger partial charge in [-0.2, -0.15) is 0 Å². The van der Waals surface area contributed by atoms with Crippen molar-refractivity contribution in [3.05, 3.63) is 18.2 Å². The van der Waals surface area contributed by atoms with Crippen LogP contribution in [0.1, 0.15) is 5.69 Å². The summed E-state index contributed by atoms with van der Waals surface area (Å²) >= 11 is 0. The van der Waals surface area contributed by atoms with Crippen LogP contribution in [0.4, 0.5) is 0 Å². The third-order valence-electron chi connectivity index (χ3n) is 2.52. The summed E-state index contributed by atoms with van der Waals surface area (Å²) < 4.78 is 0. The van der Waals surface area contributed by atoms with Gasteiger partial charge in [0.2, 0.25) is 0 Å². The molecule has 1 aromatic rings. The molecule has 0 bridgehead atoms. The Balaban J connectivity index is 0.000000472. The lowest BCUT2D eigenvalue weighted by atomic mass is 10.2. The number of nitrogens with one attached hydrogen (secondary N) is 1. The molecule has 1 heterocycles. The van der Waals surface area contributed by atoms with Crippen molar-refractivity contribution in [2.45, 2.75) is 24.5 Å². The minimum absolute atomic E-state index is 0.229. The van der Waals surface area contributed by atoms with Crippen LogP contribution < -0.4 is 17.2 Å². The second-order valence-electron chi connectivity index (χ2n) is 4.68. The number of hydrogen-bond acceptors (Lipinski definition) is 9. The summed E-state index contributed by atoms with van der Waals surface area (Å²) in [6.45, 7) is 0. The molecule has 0 saturated heterocycles. The molecule has 0 saturated carbocycles. The van der Waals surface area contributed by atoms with E-state index in [0.717, 1.165) is 5.69 Å². The lowest BCUT2D eigenvalue weighted by Gasteiger charge is -2.07. The molecule has 0 fully saturated rings. The van der Waals surface area contributed by atoms with Gasteiger partial charge in [0.25, 0.3) is 0 Å². The summed E-state index contributed by atoms with van der Waals surface area (Å²) in [6, 6.07) is -2.70. The highest BCUT2D eigenvalue weighted by molar-refractivity contribution is 8.76. The maximum absolute atomic E-state index is 10.3. The normalized spacial score (nSPS) is 13.9. The zero-order valence-corrected chi connectivity index (χ0v) is 14.7. The van der Waals surface area contributed by atoms with Crippen LogP contribution in [0.3, 0.4) is 0 Å². The molecule has 0 aliphatic heterocycles. The molecule has 0 unspecified atom stereocenters. The number of nitrogens with two attached hydrogens (primary N) is 3. The Kier molecular flexibility index (Phi) is 11.6. The van der Waals surface area contributed by atoms with Gasteiger partial charge in [-0.1, -0.05) is 21.6 Å². The number of carboxylic acid groups (broad SMARTS) is 3. The van der Waals surface area contributed by atoms with Crippen molar-refractivity contribution in [2.75, 3.05) is 11.5 Å². The van der Waals surface area contributed by atoms with Crippen LogP contribution >= 0.6 is 21.6 Å². The van der Waals surface area contributed by atoms with Gasteiger partial charge < -0.3 is 37.5 Å². The quantitative estimate of drug-likeness (QED) is 0.179. The first-order valence-electron chi connectivity index (χ1n) is 6.82. The highest BCUT2D eigenvalue weighted by atomic mass is 33.1. The number of carboxylic acids is 3.